The Morgan fingerprint density at radius 1 is 1.17 bits per heavy atom. The van der Waals surface area contributed by atoms with Crippen LogP contribution in [-0.4, -0.2) is 16.1 Å². The molecule has 0 atom stereocenters. The smallest absolute Gasteiger partial charge is 0.253 e. The van der Waals surface area contributed by atoms with Crippen molar-refractivity contribution in [3.8, 4) is 0 Å². The number of carbonyl (C=O) groups excluding carboxylic acids is 1. The van der Waals surface area contributed by atoms with Crippen LogP contribution < -0.4 is 5.32 Å². The number of nitrogens with zero attached hydrogens (tertiary/aromatic N) is 1. The fourth-order valence-electron chi connectivity index (χ4n) is 2.67. The molecule has 1 aliphatic rings. The number of halogens is 1. The molecule has 2 aromatic rings. The van der Waals surface area contributed by atoms with Crippen molar-refractivity contribution in [1.82, 2.24) is 10.3 Å². The average Bonchev–Trinajstić information content (AvgIpc) is 3.08. The Balaban J connectivity index is 0.00000192. The van der Waals surface area contributed by atoms with E-state index in [0.717, 1.165) is 10.8 Å². The largest absolute Gasteiger partial charge is 0.348 e. The first kappa shape index (κ1) is 17.8. The van der Waals surface area contributed by atoms with Gasteiger partial charge in [-0.3, -0.25) is 9.78 Å². The van der Waals surface area contributed by atoms with Gasteiger partial charge in [0.2, 0.25) is 0 Å². The predicted molar refractivity (Wildman–Crippen MR) is 97.2 cm³/mol. The van der Waals surface area contributed by atoms with Gasteiger partial charge in [0.05, 0.1) is 5.56 Å². The summed E-state index contributed by atoms with van der Waals surface area (Å²) >= 11 is 1.99. The fourth-order valence-corrected chi connectivity index (χ4v) is 3.91. The van der Waals surface area contributed by atoms with Gasteiger partial charge in [-0.25, -0.2) is 0 Å². The Hall–Kier alpha value is -1.52. The zero-order chi connectivity index (χ0) is 15.2. The number of hydrogen-bond acceptors (Lipinski definition) is 3. The summed E-state index contributed by atoms with van der Waals surface area (Å²) in [6, 6.07) is 12.1. The highest BCUT2D eigenvalue weighted by Gasteiger charge is 2.15. The number of pyridine rings is 1. The average molecular weight is 349 g/mol. The van der Waals surface area contributed by atoms with E-state index in [-0.39, 0.29) is 18.3 Å². The first-order valence-electron chi connectivity index (χ1n) is 7.75. The lowest BCUT2D eigenvalue weighted by molar-refractivity contribution is 0.0950. The van der Waals surface area contributed by atoms with Gasteiger partial charge in [0, 0.05) is 29.1 Å². The van der Waals surface area contributed by atoms with Crippen LogP contribution in [0.2, 0.25) is 0 Å². The van der Waals surface area contributed by atoms with Crippen molar-refractivity contribution < 1.29 is 4.79 Å². The first-order chi connectivity index (χ1) is 10.8. The minimum Gasteiger partial charge on any atom is -0.348 e. The van der Waals surface area contributed by atoms with E-state index >= 15 is 0 Å². The van der Waals surface area contributed by atoms with Crippen LogP contribution in [0.1, 0.15) is 41.6 Å². The van der Waals surface area contributed by atoms with Crippen LogP contribution in [0.15, 0.2) is 53.7 Å². The molecule has 23 heavy (non-hydrogen) atoms. The summed E-state index contributed by atoms with van der Waals surface area (Å²) in [6.45, 7) is 0.544. The maximum absolute atomic E-state index is 12.0. The van der Waals surface area contributed by atoms with Crippen molar-refractivity contribution in [2.24, 2.45) is 0 Å². The highest BCUT2D eigenvalue weighted by atomic mass is 35.5. The van der Waals surface area contributed by atoms with E-state index < -0.39 is 0 Å². The van der Waals surface area contributed by atoms with Crippen molar-refractivity contribution in [3.63, 3.8) is 0 Å². The molecule has 3 rings (SSSR count). The molecule has 0 aliphatic heterocycles. The second-order valence-corrected chi connectivity index (χ2v) is 6.97. The van der Waals surface area contributed by atoms with Crippen LogP contribution in [0, 0.1) is 0 Å². The molecular weight excluding hydrogens is 328 g/mol. The van der Waals surface area contributed by atoms with Crippen LogP contribution in [0.5, 0.6) is 0 Å². The number of thioether (sulfide) groups is 1. The van der Waals surface area contributed by atoms with E-state index in [0.29, 0.717) is 12.1 Å². The van der Waals surface area contributed by atoms with Crippen LogP contribution in [-0.2, 0) is 6.54 Å². The van der Waals surface area contributed by atoms with Crippen LogP contribution in [0.4, 0.5) is 0 Å². The van der Waals surface area contributed by atoms with Crippen molar-refractivity contribution in [1.29, 1.82) is 0 Å². The van der Waals surface area contributed by atoms with Gasteiger partial charge in [-0.15, -0.1) is 24.2 Å². The molecule has 0 spiro atoms. The van der Waals surface area contributed by atoms with Gasteiger partial charge in [-0.1, -0.05) is 25.0 Å². The molecule has 1 aromatic heterocycles. The number of aromatic nitrogens is 1. The van der Waals surface area contributed by atoms with E-state index in [1.54, 1.807) is 24.5 Å². The molecule has 0 saturated heterocycles. The summed E-state index contributed by atoms with van der Waals surface area (Å²) in [7, 11) is 0. The molecule has 1 aliphatic carbocycles. The lowest BCUT2D eigenvalue weighted by Crippen LogP contribution is -2.22. The summed E-state index contributed by atoms with van der Waals surface area (Å²) in [6.07, 6.45) is 8.67. The molecule has 0 bridgehead atoms. The third-order valence-electron chi connectivity index (χ3n) is 3.91. The van der Waals surface area contributed by atoms with Crippen molar-refractivity contribution >= 4 is 30.1 Å². The molecule has 1 amide bonds. The van der Waals surface area contributed by atoms with Crippen molar-refractivity contribution in [3.05, 3.63) is 59.9 Å². The minimum absolute atomic E-state index is 0. The number of amides is 1. The zero-order valence-corrected chi connectivity index (χ0v) is 14.5. The van der Waals surface area contributed by atoms with E-state index in [1.807, 2.05) is 11.8 Å². The van der Waals surface area contributed by atoms with E-state index in [4.69, 9.17) is 0 Å². The fraction of sp³-hybridized carbons (Fsp3) is 0.333. The Labute approximate surface area is 147 Å². The summed E-state index contributed by atoms with van der Waals surface area (Å²) in [5.41, 5.74) is 1.71. The van der Waals surface area contributed by atoms with Crippen LogP contribution in [0.3, 0.4) is 0 Å². The molecule has 0 radical (unpaired) electrons. The Morgan fingerprint density at radius 2 is 1.91 bits per heavy atom. The van der Waals surface area contributed by atoms with E-state index in [2.05, 4.69) is 34.6 Å². The number of benzene rings is 1. The molecule has 5 heteroatoms. The second kappa shape index (κ2) is 8.94. The Bertz CT molecular complexity index is 613. The molecule has 0 unspecified atom stereocenters. The first-order valence-corrected chi connectivity index (χ1v) is 8.63. The quantitative estimate of drug-likeness (QED) is 0.866. The number of nitrogens with one attached hydrogen (secondary N) is 1. The highest BCUT2D eigenvalue weighted by Crippen LogP contribution is 2.34. The number of hydrogen-bond donors (Lipinski definition) is 1. The van der Waals surface area contributed by atoms with Crippen LogP contribution >= 0.6 is 24.2 Å². The Kier molecular flexibility index (Phi) is 6.93. The molecule has 1 saturated carbocycles. The summed E-state index contributed by atoms with van der Waals surface area (Å²) in [5.74, 6) is -0.0856. The lowest BCUT2D eigenvalue weighted by Gasteiger charge is -2.09. The number of rotatable bonds is 5. The minimum atomic E-state index is -0.0856. The molecule has 122 valence electrons. The molecule has 1 aromatic carbocycles. The van der Waals surface area contributed by atoms with Gasteiger partial charge in [0.25, 0.3) is 5.91 Å². The predicted octanol–water partition coefficient (Wildman–Crippen LogP) is 4.47. The lowest BCUT2D eigenvalue weighted by atomic mass is 10.2. The molecule has 1 fully saturated rings. The number of carbonyl (C=O) groups is 1. The van der Waals surface area contributed by atoms with Gasteiger partial charge in [0.1, 0.15) is 0 Å². The maximum Gasteiger partial charge on any atom is 0.253 e. The topological polar surface area (TPSA) is 42.0 Å². The zero-order valence-electron chi connectivity index (χ0n) is 12.9. The van der Waals surface area contributed by atoms with Gasteiger partial charge >= 0.3 is 0 Å². The summed E-state index contributed by atoms with van der Waals surface area (Å²) in [4.78, 5) is 17.2. The van der Waals surface area contributed by atoms with Crippen molar-refractivity contribution in [2.45, 2.75) is 42.4 Å². The molecule has 1 N–H and O–H groups in total. The third-order valence-corrected chi connectivity index (χ3v) is 5.25. The molecular formula is C18H21ClN2OS. The maximum atomic E-state index is 12.0. The SMILES string of the molecule is Cl.O=C(NCc1ccc(SC2CCCC2)cc1)c1cccnc1. The van der Waals surface area contributed by atoms with Gasteiger partial charge in [0.15, 0.2) is 0 Å². The molecule has 1 heterocycles. The normalized spacial score (nSPS) is 14.3. The Morgan fingerprint density at radius 3 is 2.57 bits per heavy atom. The highest BCUT2D eigenvalue weighted by molar-refractivity contribution is 8.00. The van der Waals surface area contributed by atoms with E-state index in [1.165, 1.54) is 30.6 Å². The second-order valence-electron chi connectivity index (χ2n) is 5.59. The molecule has 3 nitrogen and oxygen atoms in total. The van der Waals surface area contributed by atoms with Crippen molar-refractivity contribution in [2.75, 3.05) is 0 Å². The standard InChI is InChI=1S/C18H20N2OS.ClH/c21-18(15-4-3-11-19-13-15)20-12-14-7-9-17(10-8-14)22-16-5-1-2-6-16;/h3-4,7-11,13,16H,1-2,5-6,12H2,(H,20,21);1H. The third kappa shape index (κ3) is 5.26. The van der Waals surface area contributed by atoms with E-state index in [9.17, 15) is 4.79 Å². The summed E-state index contributed by atoms with van der Waals surface area (Å²) < 4.78 is 0. The van der Waals surface area contributed by atoms with Gasteiger partial charge in [-0.2, -0.15) is 0 Å². The monoisotopic (exact) mass is 348 g/mol. The van der Waals surface area contributed by atoms with Gasteiger partial charge < -0.3 is 5.32 Å². The van der Waals surface area contributed by atoms with Gasteiger partial charge in [-0.05, 0) is 42.7 Å². The summed E-state index contributed by atoms with van der Waals surface area (Å²) in [5, 5.41) is 3.71. The van der Waals surface area contributed by atoms with Crippen LogP contribution in [0.25, 0.3) is 0 Å².